The quantitative estimate of drug-likeness (QED) is 0.405. The van der Waals surface area contributed by atoms with Crippen molar-refractivity contribution in [3.8, 4) is 16.9 Å². The molecule has 1 saturated heterocycles. The first-order valence-corrected chi connectivity index (χ1v) is 12.4. The number of carbonyl (C=O) groups is 2. The third-order valence-electron chi connectivity index (χ3n) is 6.98. The molecule has 0 unspecified atom stereocenters. The van der Waals surface area contributed by atoms with Crippen LogP contribution in [0, 0.1) is 11.8 Å². The van der Waals surface area contributed by atoms with E-state index in [1.807, 2.05) is 90.8 Å². The summed E-state index contributed by atoms with van der Waals surface area (Å²) in [6, 6.07) is 23.3. The lowest BCUT2D eigenvalue weighted by Crippen LogP contribution is -2.42. The first-order valence-electron chi connectivity index (χ1n) is 12.4. The van der Waals surface area contributed by atoms with E-state index < -0.39 is 0 Å². The van der Waals surface area contributed by atoms with Crippen LogP contribution in [0.3, 0.4) is 0 Å². The van der Waals surface area contributed by atoms with E-state index in [0.29, 0.717) is 30.9 Å². The molecule has 1 N–H and O–H groups in total. The molecule has 2 aromatic carbocycles. The van der Waals surface area contributed by atoms with Crippen LogP contribution in [-0.2, 0) is 11.3 Å². The number of hydrogen-bond donors (Lipinski definition) is 1. The minimum atomic E-state index is -0.127. The maximum Gasteiger partial charge on any atom is 0.257 e. The number of para-hydroxylation sites is 1. The first-order chi connectivity index (χ1) is 17.6. The number of benzene rings is 2. The maximum absolute atomic E-state index is 13.7. The second kappa shape index (κ2) is 10.6. The molecule has 0 radical (unpaired) electrons. The molecule has 1 atom stereocenters. The average molecular weight is 483 g/mol. The molecule has 0 bridgehead atoms. The highest BCUT2D eigenvalue weighted by Gasteiger charge is 2.31. The highest BCUT2D eigenvalue weighted by atomic mass is 16.3. The van der Waals surface area contributed by atoms with E-state index in [2.05, 4.69) is 5.32 Å². The zero-order valence-electron chi connectivity index (χ0n) is 20.3. The first kappa shape index (κ1) is 23.6. The number of amides is 2. The predicted octanol–water partition coefficient (Wildman–Crippen LogP) is 4.94. The molecule has 2 amide bonds. The molecule has 3 heterocycles. The number of nitrogens with one attached hydrogen (secondary N) is 1. The Balaban J connectivity index is 1.28. The molecule has 1 aliphatic rings. The molecule has 36 heavy (non-hydrogen) atoms. The third-order valence-corrected chi connectivity index (χ3v) is 6.98. The molecular formula is C29H30N4O3. The lowest BCUT2D eigenvalue weighted by atomic mass is 9.84. The van der Waals surface area contributed by atoms with Crippen molar-refractivity contribution in [3.63, 3.8) is 0 Å². The lowest BCUT2D eigenvalue weighted by Gasteiger charge is -2.34. The standard InChI is InChI=1S/C29H30N4O3/c1-21(28(34)30-19-25-13-8-18-36-25)22-14-16-32(17-15-22)29(35)26-20-33(24-11-6-3-7-12-24)31-27(26)23-9-4-2-5-10-23/h2-13,18,20-22H,14-17,19H2,1H3,(H,30,34)/t21-/m0/s1. The van der Waals surface area contributed by atoms with Gasteiger partial charge in [0.15, 0.2) is 0 Å². The van der Waals surface area contributed by atoms with Crippen LogP contribution >= 0.6 is 0 Å². The Labute approximate surface area is 210 Å². The molecule has 4 aromatic rings. The molecule has 0 aliphatic carbocycles. The number of aromatic nitrogens is 2. The van der Waals surface area contributed by atoms with E-state index in [1.54, 1.807) is 10.9 Å². The van der Waals surface area contributed by atoms with Gasteiger partial charge in [-0.15, -0.1) is 0 Å². The Kier molecular flexibility index (Phi) is 6.98. The van der Waals surface area contributed by atoms with Gasteiger partial charge in [0.2, 0.25) is 5.91 Å². The average Bonchev–Trinajstić information content (AvgIpc) is 3.63. The molecule has 0 spiro atoms. The Bertz CT molecular complexity index is 1290. The molecule has 5 rings (SSSR count). The Morgan fingerprint density at radius 2 is 1.69 bits per heavy atom. The van der Waals surface area contributed by atoms with Gasteiger partial charge in [-0.25, -0.2) is 4.68 Å². The summed E-state index contributed by atoms with van der Waals surface area (Å²) in [7, 11) is 0. The summed E-state index contributed by atoms with van der Waals surface area (Å²) in [4.78, 5) is 28.2. The fraction of sp³-hybridized carbons (Fsp3) is 0.276. The van der Waals surface area contributed by atoms with Gasteiger partial charge in [-0.3, -0.25) is 9.59 Å². The van der Waals surface area contributed by atoms with Crippen molar-refractivity contribution in [1.29, 1.82) is 0 Å². The van der Waals surface area contributed by atoms with Crippen LogP contribution in [-0.4, -0.2) is 39.6 Å². The molecule has 7 nitrogen and oxygen atoms in total. The van der Waals surface area contributed by atoms with E-state index in [4.69, 9.17) is 9.52 Å². The summed E-state index contributed by atoms with van der Waals surface area (Å²) in [6.45, 7) is 3.59. The van der Waals surface area contributed by atoms with Crippen LogP contribution in [0.25, 0.3) is 16.9 Å². The van der Waals surface area contributed by atoms with Crippen LogP contribution in [0.1, 0.15) is 35.9 Å². The van der Waals surface area contributed by atoms with Crippen molar-refractivity contribution < 1.29 is 14.0 Å². The maximum atomic E-state index is 13.7. The van der Waals surface area contributed by atoms with Crippen LogP contribution in [0.5, 0.6) is 0 Å². The number of carbonyl (C=O) groups excluding carboxylic acids is 2. The highest BCUT2D eigenvalue weighted by Crippen LogP contribution is 2.29. The SMILES string of the molecule is C[C@H](C(=O)NCc1ccco1)C1CCN(C(=O)c2cn(-c3ccccc3)nc2-c2ccccc2)CC1. The molecule has 1 aliphatic heterocycles. The Morgan fingerprint density at radius 1 is 1.00 bits per heavy atom. The van der Waals surface area contributed by atoms with Crippen molar-refractivity contribution in [2.75, 3.05) is 13.1 Å². The second-order valence-electron chi connectivity index (χ2n) is 9.25. The summed E-state index contributed by atoms with van der Waals surface area (Å²) >= 11 is 0. The van der Waals surface area contributed by atoms with Crippen LogP contribution in [0.4, 0.5) is 0 Å². The van der Waals surface area contributed by atoms with Gasteiger partial charge in [0.05, 0.1) is 24.1 Å². The van der Waals surface area contributed by atoms with E-state index >= 15 is 0 Å². The van der Waals surface area contributed by atoms with E-state index in [9.17, 15) is 9.59 Å². The zero-order valence-corrected chi connectivity index (χ0v) is 20.3. The molecule has 0 saturated carbocycles. The smallest absolute Gasteiger partial charge is 0.257 e. The lowest BCUT2D eigenvalue weighted by molar-refractivity contribution is -0.126. The Hall–Kier alpha value is -4.13. The van der Waals surface area contributed by atoms with E-state index in [0.717, 1.165) is 29.9 Å². The van der Waals surface area contributed by atoms with Gasteiger partial charge in [-0.1, -0.05) is 55.5 Å². The zero-order chi connectivity index (χ0) is 24.9. The van der Waals surface area contributed by atoms with Gasteiger partial charge < -0.3 is 14.6 Å². The summed E-state index contributed by atoms with van der Waals surface area (Å²) in [6.07, 6.45) is 5.00. The fourth-order valence-corrected chi connectivity index (χ4v) is 4.79. The van der Waals surface area contributed by atoms with Gasteiger partial charge in [0, 0.05) is 30.8 Å². The second-order valence-corrected chi connectivity index (χ2v) is 9.25. The van der Waals surface area contributed by atoms with Crippen LogP contribution in [0.15, 0.2) is 89.7 Å². The van der Waals surface area contributed by atoms with Gasteiger partial charge in [-0.2, -0.15) is 5.10 Å². The van der Waals surface area contributed by atoms with Crippen molar-refractivity contribution in [3.05, 3.63) is 96.6 Å². The minimum absolute atomic E-state index is 0.0201. The molecular weight excluding hydrogens is 452 g/mol. The molecule has 1 fully saturated rings. The van der Waals surface area contributed by atoms with E-state index in [-0.39, 0.29) is 23.7 Å². The highest BCUT2D eigenvalue weighted by molar-refractivity contribution is 6.00. The van der Waals surface area contributed by atoms with Crippen LogP contribution in [0.2, 0.25) is 0 Å². The third kappa shape index (κ3) is 5.10. The summed E-state index contributed by atoms with van der Waals surface area (Å²) in [5.74, 6) is 0.835. The van der Waals surface area contributed by atoms with Crippen LogP contribution < -0.4 is 5.32 Å². The van der Waals surface area contributed by atoms with Crippen molar-refractivity contribution in [2.45, 2.75) is 26.3 Å². The Morgan fingerprint density at radius 3 is 2.36 bits per heavy atom. The predicted molar refractivity (Wildman–Crippen MR) is 137 cm³/mol. The van der Waals surface area contributed by atoms with Gasteiger partial charge in [-0.05, 0) is 43.0 Å². The van der Waals surface area contributed by atoms with Gasteiger partial charge >= 0.3 is 0 Å². The van der Waals surface area contributed by atoms with Gasteiger partial charge in [0.1, 0.15) is 11.5 Å². The van der Waals surface area contributed by atoms with Gasteiger partial charge in [0.25, 0.3) is 5.91 Å². The van der Waals surface area contributed by atoms with E-state index in [1.165, 1.54) is 0 Å². The number of hydrogen-bond acceptors (Lipinski definition) is 4. The summed E-state index contributed by atoms with van der Waals surface area (Å²) in [5, 5.41) is 7.74. The summed E-state index contributed by atoms with van der Waals surface area (Å²) in [5.41, 5.74) is 3.08. The van der Waals surface area contributed by atoms with Crippen molar-refractivity contribution in [1.82, 2.24) is 20.0 Å². The number of piperidine rings is 1. The number of likely N-dealkylation sites (tertiary alicyclic amines) is 1. The monoisotopic (exact) mass is 482 g/mol. The fourth-order valence-electron chi connectivity index (χ4n) is 4.79. The molecule has 184 valence electrons. The summed E-state index contributed by atoms with van der Waals surface area (Å²) < 4.78 is 7.07. The number of nitrogens with zero attached hydrogens (tertiary/aromatic N) is 3. The number of furan rings is 1. The normalized spacial score (nSPS) is 15.0. The number of rotatable bonds is 7. The minimum Gasteiger partial charge on any atom is -0.467 e. The largest absolute Gasteiger partial charge is 0.467 e. The molecule has 7 heteroatoms. The molecule has 2 aromatic heterocycles. The van der Waals surface area contributed by atoms with Crippen molar-refractivity contribution in [2.24, 2.45) is 11.8 Å². The topological polar surface area (TPSA) is 80.4 Å². The van der Waals surface area contributed by atoms with Crippen molar-refractivity contribution >= 4 is 11.8 Å².